The van der Waals surface area contributed by atoms with E-state index in [-0.39, 0.29) is 24.9 Å². The Balaban J connectivity index is 0.00000338. The molecular formula is C19H30ClN3O3. The number of likely N-dealkylation sites (N-methyl/N-ethyl adjacent to an activating group) is 2. The van der Waals surface area contributed by atoms with Crippen molar-refractivity contribution >= 4 is 24.3 Å². The number of halogens is 1. The Bertz CT molecular complexity index is 562. The fourth-order valence-electron chi connectivity index (χ4n) is 3.37. The van der Waals surface area contributed by atoms with Crippen molar-refractivity contribution in [3.05, 3.63) is 35.9 Å². The van der Waals surface area contributed by atoms with E-state index in [1.54, 1.807) is 4.90 Å². The first kappa shape index (κ1) is 22.4. The molecule has 0 aliphatic carbocycles. The number of hydrogen-bond acceptors (Lipinski definition) is 4. The molecular weight excluding hydrogens is 354 g/mol. The molecule has 1 aromatic carbocycles. The molecule has 1 amide bonds. The molecule has 146 valence electrons. The summed E-state index contributed by atoms with van der Waals surface area (Å²) in [4.78, 5) is 29.3. The normalized spacial score (nSPS) is 15.5. The van der Waals surface area contributed by atoms with Gasteiger partial charge in [0.05, 0.1) is 13.1 Å². The second kappa shape index (κ2) is 11.2. The fourth-order valence-corrected chi connectivity index (χ4v) is 3.37. The van der Waals surface area contributed by atoms with Crippen molar-refractivity contribution in [1.82, 2.24) is 14.7 Å². The zero-order valence-electron chi connectivity index (χ0n) is 15.6. The number of carbonyl (C=O) groups is 2. The summed E-state index contributed by atoms with van der Waals surface area (Å²) < 4.78 is 0. The van der Waals surface area contributed by atoms with Gasteiger partial charge in [-0.05, 0) is 24.9 Å². The number of carboxylic acids is 1. The summed E-state index contributed by atoms with van der Waals surface area (Å²) in [5, 5.41) is 9.00. The number of benzene rings is 1. The zero-order chi connectivity index (χ0) is 18.2. The average Bonchev–Trinajstić information content (AvgIpc) is 2.61. The van der Waals surface area contributed by atoms with Gasteiger partial charge in [-0.25, -0.2) is 0 Å². The number of likely N-dealkylation sites (tertiary alicyclic amines) is 1. The third kappa shape index (κ3) is 6.94. The number of rotatable bonds is 8. The van der Waals surface area contributed by atoms with Gasteiger partial charge >= 0.3 is 5.97 Å². The molecule has 0 aromatic heterocycles. The van der Waals surface area contributed by atoms with E-state index >= 15 is 0 Å². The predicted molar refractivity (Wildman–Crippen MR) is 105 cm³/mol. The quantitative estimate of drug-likeness (QED) is 0.743. The number of amides is 1. The largest absolute Gasteiger partial charge is 0.480 e. The van der Waals surface area contributed by atoms with Gasteiger partial charge in [-0.3, -0.25) is 19.4 Å². The first-order valence-electron chi connectivity index (χ1n) is 8.95. The van der Waals surface area contributed by atoms with Gasteiger partial charge in [-0.2, -0.15) is 0 Å². The van der Waals surface area contributed by atoms with Crippen LogP contribution in [-0.4, -0.2) is 77.5 Å². The van der Waals surface area contributed by atoms with Gasteiger partial charge in [-0.15, -0.1) is 12.4 Å². The molecule has 1 aliphatic heterocycles. The first-order chi connectivity index (χ1) is 12.0. The van der Waals surface area contributed by atoms with Crippen molar-refractivity contribution in [2.24, 2.45) is 0 Å². The minimum atomic E-state index is -0.776. The second-order valence-electron chi connectivity index (χ2n) is 6.70. The number of carbonyl (C=O) groups excluding carboxylic acids is 1. The number of carboxylic acid groups (broad SMARTS) is 1. The lowest BCUT2D eigenvalue weighted by atomic mass is 10.0. The van der Waals surface area contributed by atoms with Gasteiger partial charge < -0.3 is 10.0 Å². The second-order valence-corrected chi connectivity index (χ2v) is 6.70. The van der Waals surface area contributed by atoms with Crippen LogP contribution in [0.25, 0.3) is 0 Å². The molecule has 0 radical (unpaired) electrons. The maximum Gasteiger partial charge on any atom is 0.317 e. The molecule has 1 aromatic rings. The monoisotopic (exact) mass is 383 g/mol. The van der Waals surface area contributed by atoms with Crippen molar-refractivity contribution in [3.8, 4) is 0 Å². The third-order valence-electron chi connectivity index (χ3n) is 4.87. The average molecular weight is 384 g/mol. The summed E-state index contributed by atoms with van der Waals surface area (Å²) in [5.41, 5.74) is 1.13. The highest BCUT2D eigenvalue weighted by Gasteiger charge is 2.26. The molecule has 6 nitrogen and oxygen atoms in total. The first-order valence-corrected chi connectivity index (χ1v) is 8.95. The highest BCUT2D eigenvalue weighted by Crippen LogP contribution is 2.16. The van der Waals surface area contributed by atoms with Crippen molar-refractivity contribution < 1.29 is 14.7 Å². The molecule has 1 fully saturated rings. The van der Waals surface area contributed by atoms with Crippen molar-refractivity contribution in [2.75, 3.05) is 39.8 Å². The van der Waals surface area contributed by atoms with E-state index in [9.17, 15) is 9.59 Å². The maximum absolute atomic E-state index is 12.4. The minimum absolute atomic E-state index is 0. The van der Waals surface area contributed by atoms with Crippen LogP contribution < -0.4 is 0 Å². The van der Waals surface area contributed by atoms with Crippen LogP contribution in [0.15, 0.2) is 30.3 Å². The highest BCUT2D eigenvalue weighted by atomic mass is 35.5. The van der Waals surface area contributed by atoms with E-state index in [2.05, 4.69) is 4.90 Å². The highest BCUT2D eigenvalue weighted by molar-refractivity contribution is 5.85. The summed E-state index contributed by atoms with van der Waals surface area (Å²) in [6, 6.07) is 10.3. The van der Waals surface area contributed by atoms with E-state index in [0.717, 1.165) is 38.0 Å². The summed E-state index contributed by atoms with van der Waals surface area (Å²) in [6.07, 6.45) is 1.83. The van der Waals surface area contributed by atoms with Gasteiger partial charge in [0.1, 0.15) is 0 Å². The van der Waals surface area contributed by atoms with Crippen LogP contribution in [-0.2, 0) is 16.1 Å². The maximum atomic E-state index is 12.4. The molecule has 1 aliphatic rings. The number of nitrogens with zero attached hydrogens (tertiary/aromatic N) is 3. The van der Waals surface area contributed by atoms with Gasteiger partial charge in [0.15, 0.2) is 0 Å². The van der Waals surface area contributed by atoms with Crippen LogP contribution in [0.5, 0.6) is 0 Å². The Hall–Kier alpha value is -1.63. The lowest BCUT2D eigenvalue weighted by Crippen LogP contribution is -2.48. The van der Waals surface area contributed by atoms with Gasteiger partial charge in [0.25, 0.3) is 0 Å². The summed E-state index contributed by atoms with van der Waals surface area (Å²) in [7, 11) is 1.84. The topological polar surface area (TPSA) is 64.1 Å². The van der Waals surface area contributed by atoms with Crippen LogP contribution in [0.4, 0.5) is 0 Å². The number of aliphatic carboxylic acids is 1. The lowest BCUT2D eigenvalue weighted by molar-refractivity contribution is -0.139. The molecule has 26 heavy (non-hydrogen) atoms. The van der Waals surface area contributed by atoms with Crippen LogP contribution in [0.2, 0.25) is 0 Å². The van der Waals surface area contributed by atoms with E-state index in [1.165, 1.54) is 0 Å². The predicted octanol–water partition coefficient (Wildman–Crippen LogP) is 1.94. The molecule has 1 saturated heterocycles. The standard InChI is InChI=1S/C19H29N3O3.ClH/c1-3-22(15-19(24)25)17-9-11-21(12-10-17)14-18(23)20(2)13-16-7-5-4-6-8-16;/h4-8,17H,3,9-15H2,1-2H3,(H,24,25);1H. The lowest BCUT2D eigenvalue weighted by Gasteiger charge is -2.37. The summed E-state index contributed by atoms with van der Waals surface area (Å²) in [5.74, 6) is -0.651. The van der Waals surface area contributed by atoms with Gasteiger partial charge in [-0.1, -0.05) is 37.3 Å². The SMILES string of the molecule is CCN(CC(=O)O)C1CCN(CC(=O)N(C)Cc2ccccc2)CC1.Cl. The van der Waals surface area contributed by atoms with E-state index < -0.39 is 5.97 Å². The Morgan fingerprint density at radius 1 is 1.19 bits per heavy atom. The van der Waals surface area contributed by atoms with Crippen molar-refractivity contribution in [3.63, 3.8) is 0 Å². The van der Waals surface area contributed by atoms with E-state index in [1.807, 2.05) is 49.2 Å². The van der Waals surface area contributed by atoms with Crippen LogP contribution in [0.3, 0.4) is 0 Å². The Morgan fingerprint density at radius 3 is 2.35 bits per heavy atom. The van der Waals surface area contributed by atoms with Crippen LogP contribution >= 0.6 is 12.4 Å². The third-order valence-corrected chi connectivity index (χ3v) is 4.87. The fraction of sp³-hybridized carbons (Fsp3) is 0.579. The van der Waals surface area contributed by atoms with Crippen molar-refractivity contribution in [2.45, 2.75) is 32.4 Å². The number of piperidine rings is 1. The molecule has 0 bridgehead atoms. The Morgan fingerprint density at radius 2 is 1.81 bits per heavy atom. The molecule has 1 heterocycles. The minimum Gasteiger partial charge on any atom is -0.480 e. The smallest absolute Gasteiger partial charge is 0.317 e. The van der Waals surface area contributed by atoms with Crippen LogP contribution in [0, 0.1) is 0 Å². The summed E-state index contributed by atoms with van der Waals surface area (Å²) in [6.45, 7) is 5.57. The Kier molecular flexibility index (Phi) is 9.62. The molecule has 1 N–H and O–H groups in total. The van der Waals surface area contributed by atoms with E-state index in [0.29, 0.717) is 19.1 Å². The Labute approximate surface area is 162 Å². The zero-order valence-corrected chi connectivity index (χ0v) is 16.5. The van der Waals surface area contributed by atoms with Crippen molar-refractivity contribution in [1.29, 1.82) is 0 Å². The van der Waals surface area contributed by atoms with Gasteiger partial charge in [0, 0.05) is 32.7 Å². The van der Waals surface area contributed by atoms with Crippen LogP contribution in [0.1, 0.15) is 25.3 Å². The van der Waals surface area contributed by atoms with E-state index in [4.69, 9.17) is 5.11 Å². The molecule has 0 spiro atoms. The molecule has 0 unspecified atom stereocenters. The molecule has 7 heteroatoms. The molecule has 2 rings (SSSR count). The molecule has 0 atom stereocenters. The van der Waals surface area contributed by atoms with Gasteiger partial charge in [0.2, 0.25) is 5.91 Å². The molecule has 0 saturated carbocycles. The summed E-state index contributed by atoms with van der Waals surface area (Å²) >= 11 is 0. The number of hydrogen-bond donors (Lipinski definition) is 1.